The normalized spacial score (nSPS) is 12.9. The van der Waals surface area contributed by atoms with E-state index >= 15 is 0 Å². The Morgan fingerprint density at radius 3 is 2.23 bits per heavy atom. The summed E-state index contributed by atoms with van der Waals surface area (Å²) in [6.45, 7) is 0.807. The van der Waals surface area contributed by atoms with Gasteiger partial charge in [-0.25, -0.2) is 9.59 Å². The Hall–Kier alpha value is -3.00. The van der Waals surface area contributed by atoms with Crippen molar-refractivity contribution >= 4 is 29.7 Å². The molecule has 2 amide bonds. The summed E-state index contributed by atoms with van der Waals surface area (Å²) < 4.78 is 5.53. The van der Waals surface area contributed by atoms with Crippen molar-refractivity contribution in [1.29, 1.82) is 0 Å². The van der Waals surface area contributed by atoms with E-state index in [1.165, 1.54) is 22.3 Å². The number of alkyl carbamates (subject to hydrolysis) is 1. The minimum Gasteiger partial charge on any atom is -0.480 e. The number of unbranched alkanes of at least 4 members (excludes halogenated alkanes) is 3. The number of carbonyl (C=O) groups is 3. The minimum atomic E-state index is -0.994. The van der Waals surface area contributed by atoms with E-state index in [1.807, 2.05) is 30.5 Å². The van der Waals surface area contributed by atoms with Gasteiger partial charge in [-0.2, -0.15) is 11.8 Å². The molecule has 1 aliphatic rings. The molecule has 8 heteroatoms. The Morgan fingerprint density at radius 1 is 0.971 bits per heavy atom. The van der Waals surface area contributed by atoms with Crippen molar-refractivity contribution in [2.75, 3.05) is 25.2 Å². The standard InChI is InChI=1S/C27H34N2O5S/c1-35-17-15-24(26(31)32)29-25(30)14-4-2-3-9-16-28-27(33)34-18-23-21-12-7-5-10-19(21)20-11-6-8-13-22(20)23/h5-8,10-13,23-24H,2-4,9,14-18H2,1H3,(H,28,33)(H,29,30)(H,31,32)/t24-/m0/s1. The van der Waals surface area contributed by atoms with Crippen molar-refractivity contribution in [3.05, 3.63) is 59.7 Å². The van der Waals surface area contributed by atoms with Gasteiger partial charge in [-0.05, 0) is 53.5 Å². The number of hydrogen-bond acceptors (Lipinski definition) is 5. The second kappa shape index (κ2) is 13.8. The second-order valence-electron chi connectivity index (χ2n) is 8.66. The lowest BCUT2D eigenvalue weighted by molar-refractivity contribution is -0.141. The van der Waals surface area contributed by atoms with Crippen LogP contribution < -0.4 is 10.6 Å². The van der Waals surface area contributed by atoms with Crippen LogP contribution in [-0.4, -0.2) is 54.3 Å². The van der Waals surface area contributed by atoms with Crippen LogP contribution in [0.3, 0.4) is 0 Å². The van der Waals surface area contributed by atoms with Crippen LogP contribution in [0, 0.1) is 0 Å². The van der Waals surface area contributed by atoms with E-state index in [-0.39, 0.29) is 11.8 Å². The molecule has 3 N–H and O–H groups in total. The Bertz CT molecular complexity index is 967. The number of carbonyl (C=O) groups excluding carboxylic acids is 2. The van der Waals surface area contributed by atoms with Crippen LogP contribution in [0.5, 0.6) is 0 Å². The Balaban J connectivity index is 1.29. The summed E-state index contributed by atoms with van der Waals surface area (Å²) in [5.41, 5.74) is 4.77. The van der Waals surface area contributed by atoms with Gasteiger partial charge in [0.15, 0.2) is 0 Å². The zero-order valence-electron chi connectivity index (χ0n) is 20.1. The van der Waals surface area contributed by atoms with Crippen molar-refractivity contribution in [3.8, 4) is 11.1 Å². The molecule has 0 radical (unpaired) electrons. The Kier molecular flexibility index (Phi) is 10.5. The van der Waals surface area contributed by atoms with Gasteiger partial charge in [0.05, 0.1) is 0 Å². The largest absolute Gasteiger partial charge is 0.480 e. The summed E-state index contributed by atoms with van der Waals surface area (Å²) in [7, 11) is 0. The number of nitrogens with one attached hydrogen (secondary N) is 2. The summed E-state index contributed by atoms with van der Waals surface area (Å²) in [4.78, 5) is 35.4. The molecule has 0 bridgehead atoms. The van der Waals surface area contributed by atoms with E-state index in [0.29, 0.717) is 38.2 Å². The fraction of sp³-hybridized carbons (Fsp3) is 0.444. The molecular weight excluding hydrogens is 464 g/mol. The van der Waals surface area contributed by atoms with Gasteiger partial charge < -0.3 is 20.5 Å². The van der Waals surface area contributed by atoms with E-state index in [1.54, 1.807) is 11.8 Å². The predicted octanol–water partition coefficient (Wildman–Crippen LogP) is 4.80. The third-order valence-corrected chi connectivity index (χ3v) is 6.83. The molecule has 0 saturated carbocycles. The van der Waals surface area contributed by atoms with E-state index in [4.69, 9.17) is 4.74 Å². The monoisotopic (exact) mass is 498 g/mol. The average Bonchev–Trinajstić information content (AvgIpc) is 3.18. The van der Waals surface area contributed by atoms with Crippen LogP contribution in [0.25, 0.3) is 11.1 Å². The maximum Gasteiger partial charge on any atom is 0.407 e. The maximum atomic E-state index is 12.2. The molecule has 0 aromatic heterocycles. The van der Waals surface area contributed by atoms with Crippen LogP contribution >= 0.6 is 11.8 Å². The lowest BCUT2D eigenvalue weighted by Gasteiger charge is -2.14. The highest BCUT2D eigenvalue weighted by molar-refractivity contribution is 7.98. The summed E-state index contributed by atoms with van der Waals surface area (Å²) in [5.74, 6) is -0.490. The molecule has 2 aromatic carbocycles. The van der Waals surface area contributed by atoms with Gasteiger partial charge in [-0.3, -0.25) is 4.79 Å². The van der Waals surface area contributed by atoms with Crippen LogP contribution in [0.2, 0.25) is 0 Å². The van der Waals surface area contributed by atoms with Gasteiger partial charge in [0.25, 0.3) is 0 Å². The summed E-state index contributed by atoms with van der Waals surface area (Å²) in [6.07, 6.45) is 5.39. The summed E-state index contributed by atoms with van der Waals surface area (Å²) in [6, 6.07) is 15.6. The van der Waals surface area contributed by atoms with Crippen molar-refractivity contribution in [2.45, 2.75) is 50.5 Å². The van der Waals surface area contributed by atoms with Crippen LogP contribution in [0.4, 0.5) is 4.79 Å². The third kappa shape index (κ3) is 7.75. The first-order chi connectivity index (χ1) is 17.0. The lowest BCUT2D eigenvalue weighted by atomic mass is 9.98. The molecule has 1 atom stereocenters. The van der Waals surface area contributed by atoms with Crippen molar-refractivity contribution in [1.82, 2.24) is 10.6 Å². The van der Waals surface area contributed by atoms with Gasteiger partial charge in [0.2, 0.25) is 5.91 Å². The number of ether oxygens (including phenoxy) is 1. The molecule has 0 unspecified atom stereocenters. The number of aliphatic carboxylic acids is 1. The smallest absolute Gasteiger partial charge is 0.407 e. The van der Waals surface area contributed by atoms with E-state index < -0.39 is 18.1 Å². The molecule has 1 aliphatic carbocycles. The van der Waals surface area contributed by atoms with Crippen molar-refractivity contribution in [3.63, 3.8) is 0 Å². The van der Waals surface area contributed by atoms with Crippen molar-refractivity contribution in [2.24, 2.45) is 0 Å². The molecule has 0 fully saturated rings. The molecule has 2 aromatic rings. The number of hydrogen-bond donors (Lipinski definition) is 3. The molecule has 0 aliphatic heterocycles. The van der Waals surface area contributed by atoms with Gasteiger partial charge >= 0.3 is 12.1 Å². The number of carboxylic acids is 1. The highest BCUT2D eigenvalue weighted by Crippen LogP contribution is 2.44. The Labute approximate surface area is 211 Å². The van der Waals surface area contributed by atoms with Gasteiger partial charge in [-0.15, -0.1) is 0 Å². The van der Waals surface area contributed by atoms with Crippen LogP contribution in [0.1, 0.15) is 55.6 Å². The quantitative estimate of drug-likeness (QED) is 0.323. The molecule has 3 rings (SSSR count). The number of thioether (sulfide) groups is 1. The first-order valence-electron chi connectivity index (χ1n) is 12.1. The van der Waals surface area contributed by atoms with E-state index in [0.717, 1.165) is 19.3 Å². The Morgan fingerprint density at radius 2 is 1.60 bits per heavy atom. The van der Waals surface area contributed by atoms with Crippen LogP contribution in [-0.2, 0) is 14.3 Å². The molecule has 35 heavy (non-hydrogen) atoms. The summed E-state index contributed by atoms with van der Waals surface area (Å²) in [5, 5.41) is 14.6. The van der Waals surface area contributed by atoms with Gasteiger partial charge in [-0.1, -0.05) is 61.4 Å². The number of amides is 2. The average molecular weight is 499 g/mol. The summed E-state index contributed by atoms with van der Waals surface area (Å²) >= 11 is 1.56. The maximum absolute atomic E-state index is 12.2. The third-order valence-electron chi connectivity index (χ3n) is 6.19. The highest BCUT2D eigenvalue weighted by atomic mass is 32.2. The van der Waals surface area contributed by atoms with E-state index in [9.17, 15) is 19.5 Å². The SMILES string of the molecule is CSCC[C@H](NC(=O)CCCCCCNC(=O)OCC1c2ccccc2-c2ccccc21)C(=O)O. The topological polar surface area (TPSA) is 105 Å². The molecule has 7 nitrogen and oxygen atoms in total. The fourth-order valence-electron chi connectivity index (χ4n) is 4.36. The van der Waals surface area contributed by atoms with Gasteiger partial charge in [0.1, 0.15) is 12.6 Å². The predicted molar refractivity (Wildman–Crippen MR) is 139 cm³/mol. The van der Waals surface area contributed by atoms with E-state index in [2.05, 4.69) is 34.9 Å². The molecule has 0 heterocycles. The number of carboxylic acid groups (broad SMARTS) is 1. The molecular formula is C27H34N2O5S. The minimum absolute atomic E-state index is 0.0424. The fourth-order valence-corrected chi connectivity index (χ4v) is 4.83. The van der Waals surface area contributed by atoms with Gasteiger partial charge in [0, 0.05) is 18.9 Å². The molecule has 188 valence electrons. The van der Waals surface area contributed by atoms with Crippen LogP contribution in [0.15, 0.2) is 48.5 Å². The number of benzene rings is 2. The molecule has 0 spiro atoms. The highest BCUT2D eigenvalue weighted by Gasteiger charge is 2.28. The van der Waals surface area contributed by atoms with Crippen molar-refractivity contribution < 1.29 is 24.2 Å². The molecule has 0 saturated heterocycles. The first kappa shape index (κ1) is 26.6. The lowest BCUT2D eigenvalue weighted by Crippen LogP contribution is -2.41. The first-order valence-corrected chi connectivity index (χ1v) is 13.5. The zero-order valence-corrected chi connectivity index (χ0v) is 20.9. The number of rotatable bonds is 14. The second-order valence-corrected chi connectivity index (χ2v) is 9.64. The zero-order chi connectivity index (χ0) is 25.0. The number of fused-ring (bicyclic) bond motifs is 3.